The van der Waals surface area contributed by atoms with Crippen molar-refractivity contribution in [3.05, 3.63) is 40.5 Å². The van der Waals surface area contributed by atoms with E-state index in [4.69, 9.17) is 5.73 Å². The van der Waals surface area contributed by atoms with E-state index in [2.05, 4.69) is 25.9 Å². The normalized spacial score (nSPS) is 18.1. The molecule has 1 unspecified atom stereocenters. The molecule has 0 saturated heterocycles. The Hall–Kier alpha value is -2.13. The van der Waals surface area contributed by atoms with Crippen LogP contribution < -0.4 is 16.4 Å². The van der Waals surface area contributed by atoms with Crippen LogP contribution in [0.25, 0.3) is 5.57 Å². The van der Waals surface area contributed by atoms with Crippen LogP contribution in [0.15, 0.2) is 18.2 Å². The number of nitrogens with one attached hydrogen (secondary N) is 2. The first-order valence-corrected chi connectivity index (χ1v) is 9.42. The Bertz CT molecular complexity index is 850. The van der Waals surface area contributed by atoms with Crippen LogP contribution in [0.5, 0.6) is 0 Å². The molecule has 1 heterocycles. The molecule has 0 radical (unpaired) electrons. The van der Waals surface area contributed by atoms with Gasteiger partial charge in [-0.25, -0.2) is 0 Å². The molecule has 1 aliphatic heterocycles. The van der Waals surface area contributed by atoms with E-state index in [9.17, 15) is 14.4 Å². The van der Waals surface area contributed by atoms with Gasteiger partial charge in [0.1, 0.15) is 0 Å². The van der Waals surface area contributed by atoms with Crippen molar-refractivity contribution >= 4 is 28.3 Å². The number of likely N-dealkylation sites (N-methyl/N-ethyl adjacent to an activating group) is 1. The summed E-state index contributed by atoms with van der Waals surface area (Å²) in [6.07, 6.45) is 2.35. The van der Waals surface area contributed by atoms with Gasteiger partial charge in [-0.15, -0.1) is 0 Å². The fourth-order valence-electron chi connectivity index (χ4n) is 3.62. The molecule has 2 aliphatic rings. The summed E-state index contributed by atoms with van der Waals surface area (Å²) in [7, 11) is 1.81. The van der Waals surface area contributed by atoms with Crippen LogP contribution in [0.4, 0.5) is 0 Å². The number of imide groups is 1. The summed E-state index contributed by atoms with van der Waals surface area (Å²) in [5.74, 6) is -1.35. The van der Waals surface area contributed by atoms with Crippen molar-refractivity contribution in [1.82, 2.24) is 15.5 Å². The van der Waals surface area contributed by atoms with Crippen LogP contribution in [-0.4, -0.2) is 60.8 Å². The van der Waals surface area contributed by atoms with E-state index in [1.165, 1.54) is 4.90 Å². The van der Waals surface area contributed by atoms with Crippen LogP contribution >= 0.6 is 0 Å². The molecule has 1 atom stereocenters. The van der Waals surface area contributed by atoms with Crippen molar-refractivity contribution in [3.63, 3.8) is 0 Å². The van der Waals surface area contributed by atoms with Gasteiger partial charge in [0.2, 0.25) is 0 Å². The average molecular weight is 413 g/mol. The molecule has 4 N–H and O–H groups in total. The molecule has 0 aromatic heterocycles. The molecule has 145 valence electrons. The summed E-state index contributed by atoms with van der Waals surface area (Å²) in [5.41, 5.74) is 8.45. The maximum absolute atomic E-state index is 12.9. The first-order chi connectivity index (χ1) is 13.0. The number of rotatable bonds is 7. The molecule has 0 bridgehead atoms. The van der Waals surface area contributed by atoms with Gasteiger partial charge < -0.3 is 0 Å². The van der Waals surface area contributed by atoms with Gasteiger partial charge in [-0.1, -0.05) is 0 Å². The molecular weight excluding hydrogens is 391 g/mol. The number of amides is 3. The second-order valence-corrected chi connectivity index (χ2v) is 6.74. The van der Waals surface area contributed by atoms with Crippen LogP contribution in [-0.2, 0) is 20.1 Å². The number of benzene rings is 1. The Balaban J connectivity index is 2.12. The van der Waals surface area contributed by atoms with Gasteiger partial charge in [-0.3, -0.25) is 0 Å². The monoisotopic (exact) mass is 413 g/mol. The van der Waals surface area contributed by atoms with E-state index >= 15 is 0 Å². The Morgan fingerprint density at radius 3 is 2.81 bits per heavy atom. The Morgan fingerprint density at radius 2 is 2.15 bits per heavy atom. The molecule has 8 heteroatoms. The zero-order valence-electron chi connectivity index (χ0n) is 15.0. The number of hydrogen-bond acceptors (Lipinski definition) is 5. The topological polar surface area (TPSA) is 105 Å². The average Bonchev–Trinajstić information content (AvgIpc) is 2.68. The summed E-state index contributed by atoms with van der Waals surface area (Å²) in [6.45, 7) is 1.51. The van der Waals surface area contributed by atoms with Crippen molar-refractivity contribution in [2.75, 3.05) is 33.2 Å². The first-order valence-electron chi connectivity index (χ1n) is 8.82. The zero-order chi connectivity index (χ0) is 19.6. The Kier molecular flexibility index (Phi) is 6.00. The molecule has 1 aromatic rings. The van der Waals surface area contributed by atoms with Gasteiger partial charge in [-0.2, -0.15) is 0 Å². The Labute approximate surface area is 165 Å². The van der Waals surface area contributed by atoms with Gasteiger partial charge in [0, 0.05) is 0 Å². The first kappa shape index (κ1) is 19.6. The quantitative estimate of drug-likeness (QED) is 0.424. The third-order valence-electron chi connectivity index (χ3n) is 4.86. The predicted molar refractivity (Wildman–Crippen MR) is 99.2 cm³/mol. The number of allylic oxidation sites excluding steroid dienone is 2. The molecule has 0 fully saturated rings. The van der Waals surface area contributed by atoms with E-state index in [-0.39, 0.29) is 30.8 Å². The number of carbonyl (C=O) groups is 3. The molecule has 27 heavy (non-hydrogen) atoms. The van der Waals surface area contributed by atoms with Gasteiger partial charge in [0.15, 0.2) is 0 Å². The van der Waals surface area contributed by atoms with E-state index in [0.29, 0.717) is 41.8 Å². The SMILES string of the molecule is CNCCNC(=O)c1ccc2c3c1C([CH]=[Co])=CCC3C(=O)N(CCN)C2=O. The number of carbonyl (C=O) groups excluding carboxylic acids is 3. The standard InChI is InChI=1S/C19H22N4O3.Co/c1-11-3-4-13-16-14(19(26)23(10-7-20)18(13)25)6-5-12(15(11)16)17(24)22-9-8-21-2;/h1,3,5-6,13,21H,4,7-10,20H2,2H3,(H,22,24);. The van der Waals surface area contributed by atoms with E-state index < -0.39 is 5.92 Å². The zero-order valence-corrected chi connectivity index (χ0v) is 16.0. The summed E-state index contributed by atoms with van der Waals surface area (Å²) in [5, 5.41) is 5.82. The van der Waals surface area contributed by atoms with E-state index in [0.717, 1.165) is 5.57 Å². The second-order valence-electron chi connectivity index (χ2n) is 6.44. The molecule has 1 aliphatic carbocycles. The van der Waals surface area contributed by atoms with Crippen LogP contribution in [0.1, 0.15) is 44.2 Å². The van der Waals surface area contributed by atoms with Crippen molar-refractivity contribution in [2.45, 2.75) is 12.3 Å². The van der Waals surface area contributed by atoms with Gasteiger partial charge >= 0.3 is 165 Å². The third kappa shape index (κ3) is 3.41. The number of nitrogens with zero attached hydrogens (tertiary/aromatic N) is 1. The molecule has 3 rings (SSSR count). The van der Waals surface area contributed by atoms with Gasteiger partial charge in [0.25, 0.3) is 0 Å². The molecule has 7 nitrogen and oxygen atoms in total. The van der Waals surface area contributed by atoms with E-state index in [1.807, 2.05) is 6.08 Å². The molecule has 0 spiro atoms. The summed E-state index contributed by atoms with van der Waals surface area (Å²) in [6, 6.07) is 3.28. The Morgan fingerprint density at radius 1 is 1.37 bits per heavy atom. The van der Waals surface area contributed by atoms with Crippen LogP contribution in [0, 0.1) is 0 Å². The van der Waals surface area contributed by atoms with Crippen molar-refractivity contribution < 1.29 is 29.7 Å². The van der Waals surface area contributed by atoms with Crippen molar-refractivity contribution in [1.29, 1.82) is 0 Å². The molecule has 1 aromatic carbocycles. The van der Waals surface area contributed by atoms with Crippen molar-refractivity contribution in [3.8, 4) is 0 Å². The molecule has 3 amide bonds. The predicted octanol–water partition coefficient (Wildman–Crippen LogP) is -0.203. The van der Waals surface area contributed by atoms with Crippen LogP contribution in [0.3, 0.4) is 0 Å². The fourth-order valence-corrected chi connectivity index (χ4v) is 3.89. The molecular formula is C19H22CoN4O3. The minimum atomic E-state index is -0.486. The number of hydrogen-bond donors (Lipinski definition) is 3. The molecule has 0 saturated carbocycles. The third-order valence-corrected chi connectivity index (χ3v) is 5.18. The summed E-state index contributed by atoms with van der Waals surface area (Å²) in [4.78, 5) is 41.2. The summed E-state index contributed by atoms with van der Waals surface area (Å²) >= 11 is 4.32. The fraction of sp³-hybridized carbons (Fsp3) is 0.368. The van der Waals surface area contributed by atoms with Gasteiger partial charge in [-0.05, 0) is 0 Å². The van der Waals surface area contributed by atoms with Crippen LogP contribution in [0.2, 0.25) is 0 Å². The summed E-state index contributed by atoms with van der Waals surface area (Å²) < 4.78 is 0. The maximum atomic E-state index is 12.9. The second kappa shape index (κ2) is 8.26. The van der Waals surface area contributed by atoms with Gasteiger partial charge in [0.05, 0.1) is 0 Å². The van der Waals surface area contributed by atoms with E-state index in [1.54, 1.807) is 24.1 Å². The van der Waals surface area contributed by atoms with Crippen molar-refractivity contribution in [2.24, 2.45) is 5.73 Å². The minimum absolute atomic E-state index is 0.185. The number of nitrogens with two attached hydrogens (primary N) is 1.